The second kappa shape index (κ2) is 5.46. The van der Waals surface area contributed by atoms with E-state index in [1.807, 2.05) is 0 Å². The maximum Gasteiger partial charge on any atom is 0.238 e. The monoisotopic (exact) mass is 286 g/mol. The maximum absolute atomic E-state index is 12.8. The fraction of sp³-hybridized carbons (Fsp3) is 0.538. The van der Waals surface area contributed by atoms with Crippen LogP contribution in [0.1, 0.15) is 19.8 Å². The summed E-state index contributed by atoms with van der Waals surface area (Å²) in [5.41, 5.74) is 0.472. The fourth-order valence-electron chi connectivity index (χ4n) is 1.79. The molecule has 0 radical (unpaired) electrons. The Bertz CT molecular complexity index is 526. The first-order valence-electron chi connectivity index (χ1n) is 6.38. The van der Waals surface area contributed by atoms with Crippen LogP contribution in [-0.4, -0.2) is 33.3 Å². The number of nitrogens with one attached hydrogen (secondary N) is 1. The van der Waals surface area contributed by atoms with Crippen LogP contribution in [0.15, 0.2) is 24.3 Å². The lowest BCUT2D eigenvalue weighted by atomic mass is 10.3. The van der Waals surface area contributed by atoms with Gasteiger partial charge in [0.05, 0.1) is 10.9 Å². The van der Waals surface area contributed by atoms with Crippen molar-refractivity contribution in [3.63, 3.8) is 0 Å². The quantitative estimate of drug-likeness (QED) is 0.866. The summed E-state index contributed by atoms with van der Waals surface area (Å²) in [7, 11) is -1.93. The molecule has 1 aromatic rings. The second-order valence-electron chi connectivity index (χ2n) is 4.98. The molecule has 1 atom stereocenters. The third-order valence-corrected chi connectivity index (χ3v) is 5.51. The van der Waals surface area contributed by atoms with E-state index in [1.54, 1.807) is 6.92 Å². The Morgan fingerprint density at radius 3 is 2.47 bits per heavy atom. The van der Waals surface area contributed by atoms with Gasteiger partial charge in [-0.1, -0.05) is 0 Å². The van der Waals surface area contributed by atoms with Crippen LogP contribution in [0.2, 0.25) is 0 Å². The third kappa shape index (κ3) is 3.45. The van der Waals surface area contributed by atoms with Gasteiger partial charge in [0, 0.05) is 19.6 Å². The number of sulfonamides is 1. The Kier molecular flexibility index (Phi) is 4.10. The lowest BCUT2D eigenvalue weighted by Crippen LogP contribution is -2.40. The number of hydrogen-bond donors (Lipinski definition) is 1. The van der Waals surface area contributed by atoms with Crippen LogP contribution in [-0.2, 0) is 10.0 Å². The van der Waals surface area contributed by atoms with Crippen molar-refractivity contribution in [2.75, 3.05) is 17.9 Å². The molecule has 0 aliphatic heterocycles. The van der Waals surface area contributed by atoms with E-state index in [0.29, 0.717) is 18.3 Å². The average molecular weight is 286 g/mol. The van der Waals surface area contributed by atoms with Gasteiger partial charge in [0.15, 0.2) is 0 Å². The van der Waals surface area contributed by atoms with E-state index < -0.39 is 15.3 Å². The van der Waals surface area contributed by atoms with Crippen molar-refractivity contribution in [1.82, 2.24) is 5.32 Å². The van der Waals surface area contributed by atoms with Crippen LogP contribution in [0.25, 0.3) is 0 Å². The topological polar surface area (TPSA) is 49.4 Å². The molecule has 1 aromatic carbocycles. The van der Waals surface area contributed by atoms with Crippen LogP contribution < -0.4 is 9.62 Å². The number of hydrogen-bond acceptors (Lipinski definition) is 3. The van der Waals surface area contributed by atoms with E-state index in [2.05, 4.69) is 5.32 Å². The lowest BCUT2D eigenvalue weighted by molar-refractivity contribution is 0.569. The summed E-state index contributed by atoms with van der Waals surface area (Å²) < 4.78 is 38.7. The van der Waals surface area contributed by atoms with E-state index in [0.717, 1.165) is 12.8 Å². The third-order valence-electron chi connectivity index (χ3n) is 3.35. The Hall–Kier alpha value is -1.14. The van der Waals surface area contributed by atoms with Crippen molar-refractivity contribution in [3.05, 3.63) is 30.1 Å². The molecule has 0 amide bonds. The van der Waals surface area contributed by atoms with Gasteiger partial charge in [-0.3, -0.25) is 4.31 Å². The van der Waals surface area contributed by atoms with Crippen molar-refractivity contribution in [3.8, 4) is 0 Å². The largest absolute Gasteiger partial charge is 0.313 e. The highest BCUT2D eigenvalue weighted by molar-refractivity contribution is 7.93. The summed E-state index contributed by atoms with van der Waals surface area (Å²) in [4.78, 5) is 0. The Labute approximate surface area is 113 Å². The molecule has 4 nitrogen and oxygen atoms in total. The van der Waals surface area contributed by atoms with Gasteiger partial charge in [0.1, 0.15) is 5.82 Å². The molecule has 19 heavy (non-hydrogen) atoms. The average Bonchev–Trinajstić information content (AvgIpc) is 3.20. The number of rotatable bonds is 6. The first-order chi connectivity index (χ1) is 8.91. The maximum atomic E-state index is 12.8. The summed E-state index contributed by atoms with van der Waals surface area (Å²) in [5.74, 6) is -0.377. The van der Waals surface area contributed by atoms with Crippen LogP contribution in [0, 0.1) is 5.82 Å². The molecule has 6 heteroatoms. The predicted molar refractivity (Wildman–Crippen MR) is 74.2 cm³/mol. The fourth-order valence-corrected chi connectivity index (χ4v) is 3.06. The number of benzene rings is 1. The zero-order chi connectivity index (χ0) is 14.0. The second-order valence-corrected chi connectivity index (χ2v) is 7.36. The highest BCUT2D eigenvalue weighted by Gasteiger charge is 2.28. The molecular formula is C13H19FN2O2S. The normalized spacial score (nSPS) is 17.2. The van der Waals surface area contributed by atoms with E-state index >= 15 is 0 Å². The van der Waals surface area contributed by atoms with E-state index in [-0.39, 0.29) is 5.82 Å². The minimum atomic E-state index is -3.42. The summed E-state index contributed by atoms with van der Waals surface area (Å²) in [6, 6.07) is 5.93. The predicted octanol–water partition coefficient (Wildman–Crippen LogP) is 1.73. The Balaban J connectivity index is 2.06. The zero-order valence-electron chi connectivity index (χ0n) is 11.1. The Morgan fingerprint density at radius 2 is 1.95 bits per heavy atom. The van der Waals surface area contributed by atoms with Crippen molar-refractivity contribution >= 4 is 15.7 Å². The van der Waals surface area contributed by atoms with Crippen LogP contribution in [0.3, 0.4) is 0 Å². The molecule has 0 spiro atoms. The highest BCUT2D eigenvalue weighted by Crippen LogP contribution is 2.21. The SMILES string of the molecule is CC(CNC1CC1)S(=O)(=O)N(C)c1ccc(F)cc1. The van der Waals surface area contributed by atoms with Gasteiger partial charge < -0.3 is 5.32 Å². The van der Waals surface area contributed by atoms with E-state index in [4.69, 9.17) is 0 Å². The van der Waals surface area contributed by atoms with Gasteiger partial charge in [0.25, 0.3) is 0 Å². The first kappa shape index (κ1) is 14.3. The van der Waals surface area contributed by atoms with Gasteiger partial charge in [0.2, 0.25) is 10.0 Å². The highest BCUT2D eigenvalue weighted by atomic mass is 32.2. The molecule has 1 aliphatic rings. The van der Waals surface area contributed by atoms with Gasteiger partial charge in [-0.2, -0.15) is 0 Å². The van der Waals surface area contributed by atoms with Crippen molar-refractivity contribution in [2.45, 2.75) is 31.1 Å². The molecule has 0 heterocycles. The molecule has 1 fully saturated rings. The molecule has 2 rings (SSSR count). The number of anilines is 1. The molecule has 0 aromatic heterocycles. The van der Waals surface area contributed by atoms with Gasteiger partial charge in [-0.15, -0.1) is 0 Å². The van der Waals surface area contributed by atoms with Crippen molar-refractivity contribution in [1.29, 1.82) is 0 Å². The van der Waals surface area contributed by atoms with E-state index in [1.165, 1.54) is 35.6 Å². The van der Waals surface area contributed by atoms with E-state index in [9.17, 15) is 12.8 Å². The molecular weight excluding hydrogens is 267 g/mol. The molecule has 1 aliphatic carbocycles. The standard InChI is InChI=1S/C13H19FN2O2S/c1-10(9-15-12-5-6-12)19(17,18)16(2)13-7-3-11(14)4-8-13/h3-4,7-8,10,12,15H,5-6,9H2,1-2H3. The summed E-state index contributed by atoms with van der Waals surface area (Å²) in [6.45, 7) is 2.13. The van der Waals surface area contributed by atoms with Crippen LogP contribution in [0.5, 0.6) is 0 Å². The minimum Gasteiger partial charge on any atom is -0.313 e. The molecule has 1 saturated carbocycles. The molecule has 0 bridgehead atoms. The zero-order valence-corrected chi connectivity index (χ0v) is 12.0. The number of nitrogens with zero attached hydrogens (tertiary/aromatic N) is 1. The lowest BCUT2D eigenvalue weighted by Gasteiger charge is -2.24. The summed E-state index contributed by atoms with van der Waals surface area (Å²) in [5, 5.41) is 2.70. The summed E-state index contributed by atoms with van der Waals surface area (Å²) in [6.07, 6.45) is 2.25. The van der Waals surface area contributed by atoms with Crippen molar-refractivity contribution in [2.24, 2.45) is 0 Å². The van der Waals surface area contributed by atoms with Crippen LogP contribution in [0.4, 0.5) is 10.1 Å². The number of halogens is 1. The van der Waals surface area contributed by atoms with Gasteiger partial charge >= 0.3 is 0 Å². The van der Waals surface area contributed by atoms with Gasteiger partial charge in [-0.05, 0) is 44.0 Å². The smallest absolute Gasteiger partial charge is 0.238 e. The molecule has 0 saturated heterocycles. The Morgan fingerprint density at radius 1 is 1.37 bits per heavy atom. The molecule has 1 unspecified atom stereocenters. The van der Waals surface area contributed by atoms with Crippen molar-refractivity contribution < 1.29 is 12.8 Å². The minimum absolute atomic E-state index is 0.377. The summed E-state index contributed by atoms with van der Waals surface area (Å²) >= 11 is 0. The molecule has 106 valence electrons. The van der Waals surface area contributed by atoms with Gasteiger partial charge in [-0.25, -0.2) is 12.8 Å². The molecule has 1 N–H and O–H groups in total. The van der Waals surface area contributed by atoms with Crippen LogP contribution >= 0.6 is 0 Å². The first-order valence-corrected chi connectivity index (χ1v) is 7.88.